The van der Waals surface area contributed by atoms with E-state index in [2.05, 4.69) is 25.3 Å². The molecule has 2 aromatic heterocycles. The summed E-state index contributed by atoms with van der Waals surface area (Å²) in [4.78, 5) is 22.1. The van der Waals surface area contributed by atoms with Gasteiger partial charge in [-0.1, -0.05) is 0 Å². The van der Waals surface area contributed by atoms with Crippen LogP contribution in [0.3, 0.4) is 0 Å². The van der Waals surface area contributed by atoms with E-state index in [0.29, 0.717) is 11.8 Å². The first kappa shape index (κ1) is 16.2. The van der Waals surface area contributed by atoms with E-state index in [4.69, 9.17) is 4.74 Å². The molecule has 3 heterocycles. The molecule has 2 aromatic rings. The Hall–Kier alpha value is -2.64. The summed E-state index contributed by atoms with van der Waals surface area (Å²) >= 11 is 0. The molecule has 0 atom stereocenters. The number of piperidine rings is 1. The van der Waals surface area contributed by atoms with Crippen LogP contribution < -0.4 is 20.5 Å². The Morgan fingerprint density at radius 1 is 1.29 bits per heavy atom. The van der Waals surface area contributed by atoms with Gasteiger partial charge in [0.25, 0.3) is 5.56 Å². The van der Waals surface area contributed by atoms with Gasteiger partial charge in [-0.15, -0.1) is 0 Å². The van der Waals surface area contributed by atoms with Gasteiger partial charge in [-0.2, -0.15) is 5.10 Å². The van der Waals surface area contributed by atoms with Crippen molar-refractivity contribution in [2.24, 2.45) is 13.0 Å². The molecule has 0 amide bonds. The highest BCUT2D eigenvalue weighted by atomic mass is 16.5. The molecule has 1 saturated heterocycles. The molecule has 128 valence electrons. The Morgan fingerprint density at radius 2 is 2.08 bits per heavy atom. The summed E-state index contributed by atoms with van der Waals surface area (Å²) in [7, 11) is 3.25. The Morgan fingerprint density at radius 3 is 2.79 bits per heavy atom. The third-order valence-corrected chi connectivity index (χ3v) is 4.36. The van der Waals surface area contributed by atoms with Gasteiger partial charge >= 0.3 is 0 Å². The molecular formula is C16H22N6O2. The Bertz CT molecular complexity index is 739. The van der Waals surface area contributed by atoms with Gasteiger partial charge < -0.3 is 15.0 Å². The molecule has 24 heavy (non-hydrogen) atoms. The van der Waals surface area contributed by atoms with Crippen molar-refractivity contribution in [3.05, 3.63) is 35.0 Å². The molecule has 3 rings (SSSR count). The smallest absolute Gasteiger partial charge is 0.268 e. The molecule has 0 aromatic carbocycles. The molecule has 0 spiro atoms. The topological polar surface area (TPSA) is 85.2 Å². The summed E-state index contributed by atoms with van der Waals surface area (Å²) in [5.74, 6) is 1.90. The van der Waals surface area contributed by atoms with E-state index >= 15 is 0 Å². The minimum absolute atomic E-state index is 0.0750. The van der Waals surface area contributed by atoms with Crippen molar-refractivity contribution in [3.8, 4) is 5.88 Å². The molecule has 0 saturated carbocycles. The number of hydrogen-bond acceptors (Lipinski definition) is 7. The first-order valence-electron chi connectivity index (χ1n) is 8.04. The van der Waals surface area contributed by atoms with E-state index in [-0.39, 0.29) is 5.56 Å². The van der Waals surface area contributed by atoms with Crippen LogP contribution in [-0.4, -0.2) is 46.5 Å². The zero-order chi connectivity index (χ0) is 16.9. The van der Waals surface area contributed by atoms with Crippen LogP contribution in [0.1, 0.15) is 12.8 Å². The predicted octanol–water partition coefficient (Wildman–Crippen LogP) is 0.907. The lowest BCUT2D eigenvalue weighted by molar-refractivity contribution is 0.396. The summed E-state index contributed by atoms with van der Waals surface area (Å²) in [5, 5.41) is 7.43. The van der Waals surface area contributed by atoms with E-state index in [1.54, 1.807) is 32.5 Å². The fourth-order valence-corrected chi connectivity index (χ4v) is 2.82. The van der Waals surface area contributed by atoms with E-state index in [0.717, 1.165) is 44.0 Å². The molecule has 0 unspecified atom stereocenters. The Labute approximate surface area is 140 Å². The van der Waals surface area contributed by atoms with Crippen LogP contribution in [0.5, 0.6) is 5.88 Å². The summed E-state index contributed by atoms with van der Waals surface area (Å²) in [6.07, 6.45) is 5.37. The number of rotatable bonds is 5. The molecular weight excluding hydrogens is 308 g/mol. The van der Waals surface area contributed by atoms with Crippen molar-refractivity contribution in [3.63, 3.8) is 0 Å². The second kappa shape index (κ2) is 7.29. The van der Waals surface area contributed by atoms with Crippen molar-refractivity contribution in [1.82, 2.24) is 19.7 Å². The van der Waals surface area contributed by atoms with Gasteiger partial charge in [0.15, 0.2) is 0 Å². The highest BCUT2D eigenvalue weighted by Crippen LogP contribution is 2.22. The van der Waals surface area contributed by atoms with E-state index < -0.39 is 0 Å². The normalized spacial score (nSPS) is 15.3. The quantitative estimate of drug-likeness (QED) is 0.872. The van der Waals surface area contributed by atoms with Crippen molar-refractivity contribution < 1.29 is 4.74 Å². The summed E-state index contributed by atoms with van der Waals surface area (Å²) in [6, 6.07) is 3.44. The maximum absolute atomic E-state index is 11.7. The van der Waals surface area contributed by atoms with Gasteiger partial charge in [0.2, 0.25) is 5.88 Å². The number of nitrogens with one attached hydrogen (secondary N) is 1. The average Bonchev–Trinajstić information content (AvgIpc) is 2.63. The lowest BCUT2D eigenvalue weighted by Crippen LogP contribution is -2.37. The van der Waals surface area contributed by atoms with Gasteiger partial charge in [0.05, 0.1) is 19.0 Å². The van der Waals surface area contributed by atoms with Crippen LogP contribution in [0.15, 0.2) is 29.5 Å². The zero-order valence-corrected chi connectivity index (χ0v) is 14.0. The van der Waals surface area contributed by atoms with Crippen molar-refractivity contribution in [2.45, 2.75) is 12.8 Å². The number of anilines is 2. The molecule has 1 N–H and O–H groups in total. The van der Waals surface area contributed by atoms with Crippen LogP contribution in [0.2, 0.25) is 0 Å². The number of aryl methyl sites for hydroxylation is 1. The number of ether oxygens (including phenoxy) is 1. The van der Waals surface area contributed by atoms with Crippen molar-refractivity contribution >= 4 is 11.5 Å². The van der Waals surface area contributed by atoms with Crippen molar-refractivity contribution in [1.29, 1.82) is 0 Å². The Balaban J connectivity index is 1.51. The van der Waals surface area contributed by atoms with Crippen LogP contribution >= 0.6 is 0 Å². The highest BCUT2D eigenvalue weighted by molar-refractivity contribution is 5.43. The molecule has 8 heteroatoms. The maximum atomic E-state index is 11.7. The molecule has 8 nitrogen and oxygen atoms in total. The molecule has 1 aliphatic heterocycles. The lowest BCUT2D eigenvalue weighted by atomic mass is 9.96. The van der Waals surface area contributed by atoms with E-state index in [1.165, 1.54) is 11.0 Å². The van der Waals surface area contributed by atoms with Crippen LogP contribution in [0.4, 0.5) is 11.5 Å². The fourth-order valence-electron chi connectivity index (χ4n) is 2.82. The summed E-state index contributed by atoms with van der Waals surface area (Å²) in [5.41, 5.74) is 0.832. The largest absolute Gasteiger partial charge is 0.481 e. The minimum Gasteiger partial charge on any atom is -0.481 e. The number of aromatic nitrogens is 4. The fraction of sp³-hybridized carbons (Fsp3) is 0.500. The minimum atomic E-state index is -0.0750. The van der Waals surface area contributed by atoms with Crippen molar-refractivity contribution in [2.75, 3.05) is 37.0 Å². The highest BCUT2D eigenvalue weighted by Gasteiger charge is 2.20. The Kier molecular flexibility index (Phi) is 4.93. The monoisotopic (exact) mass is 330 g/mol. The molecule has 1 aliphatic rings. The number of nitrogens with zero attached hydrogens (tertiary/aromatic N) is 5. The SMILES string of the molecule is COc1cc(NCC2CCN(c3cnn(C)c(=O)c3)CC2)ncn1. The first-order chi connectivity index (χ1) is 11.7. The van der Waals surface area contributed by atoms with E-state index in [1.807, 2.05) is 0 Å². The average molecular weight is 330 g/mol. The van der Waals surface area contributed by atoms with Gasteiger partial charge in [0, 0.05) is 38.8 Å². The van der Waals surface area contributed by atoms with Gasteiger partial charge in [-0.3, -0.25) is 4.79 Å². The zero-order valence-electron chi connectivity index (χ0n) is 14.0. The molecule has 1 fully saturated rings. The molecule has 0 radical (unpaired) electrons. The van der Waals surface area contributed by atoms with Crippen LogP contribution in [-0.2, 0) is 7.05 Å². The first-order valence-corrected chi connectivity index (χ1v) is 8.04. The number of hydrogen-bond donors (Lipinski definition) is 1. The second-order valence-electron chi connectivity index (χ2n) is 5.93. The summed E-state index contributed by atoms with van der Waals surface area (Å²) < 4.78 is 6.44. The van der Waals surface area contributed by atoms with Gasteiger partial charge in [0.1, 0.15) is 12.1 Å². The third kappa shape index (κ3) is 3.81. The standard InChI is InChI=1S/C16H22N6O2/c1-21-16(23)7-13(10-20-21)22-5-3-12(4-6-22)9-17-14-8-15(24-2)19-11-18-14/h7-8,10-12H,3-6,9H2,1-2H3,(H,17,18,19). The van der Waals surface area contributed by atoms with Gasteiger partial charge in [-0.05, 0) is 18.8 Å². The third-order valence-electron chi connectivity index (χ3n) is 4.36. The molecule has 0 bridgehead atoms. The lowest BCUT2D eigenvalue weighted by Gasteiger charge is -2.33. The van der Waals surface area contributed by atoms with Crippen LogP contribution in [0.25, 0.3) is 0 Å². The summed E-state index contributed by atoms with van der Waals surface area (Å²) in [6.45, 7) is 2.71. The maximum Gasteiger partial charge on any atom is 0.268 e. The van der Waals surface area contributed by atoms with Crippen LogP contribution in [0, 0.1) is 5.92 Å². The number of methoxy groups -OCH3 is 1. The molecule has 0 aliphatic carbocycles. The predicted molar refractivity (Wildman–Crippen MR) is 91.5 cm³/mol. The van der Waals surface area contributed by atoms with E-state index in [9.17, 15) is 4.79 Å². The van der Waals surface area contributed by atoms with Gasteiger partial charge in [-0.25, -0.2) is 14.6 Å². The second-order valence-corrected chi connectivity index (χ2v) is 5.93.